The van der Waals surface area contributed by atoms with Gasteiger partial charge in [0.15, 0.2) is 0 Å². The van der Waals surface area contributed by atoms with Gasteiger partial charge in [0.05, 0.1) is 0 Å². The first-order valence-electron chi connectivity index (χ1n) is 3.57. The Morgan fingerprint density at radius 3 is 1.89 bits per heavy atom. The first-order valence-corrected chi connectivity index (χ1v) is 3.57. The molecule has 1 atom stereocenters. The third-order valence-electron chi connectivity index (χ3n) is 1.48. The zero-order valence-electron chi connectivity index (χ0n) is 6.72. The molecule has 0 aliphatic rings. The van der Waals surface area contributed by atoms with Gasteiger partial charge < -0.3 is 5.21 Å². The lowest BCUT2D eigenvalue weighted by Gasteiger charge is -2.02. The second-order valence-electron chi connectivity index (χ2n) is 2.30. The van der Waals surface area contributed by atoms with Crippen molar-refractivity contribution in [2.45, 2.75) is 40.0 Å². The summed E-state index contributed by atoms with van der Waals surface area (Å²) in [6.45, 7) is 6.80. The zero-order chi connectivity index (χ0) is 7.70. The van der Waals surface area contributed by atoms with Crippen LogP contribution in [0.1, 0.15) is 40.0 Å². The van der Waals surface area contributed by atoms with E-state index in [1.165, 1.54) is 19.3 Å². The molecule has 2 nitrogen and oxygen atoms in total. The van der Waals surface area contributed by atoms with Crippen molar-refractivity contribution >= 4 is 0 Å². The van der Waals surface area contributed by atoms with E-state index in [1.54, 1.807) is 0 Å². The summed E-state index contributed by atoms with van der Waals surface area (Å²) in [4.78, 5) is 0. The lowest BCUT2D eigenvalue weighted by molar-refractivity contribution is 0.311. The van der Waals surface area contributed by atoms with E-state index in [9.17, 15) is 0 Å². The van der Waals surface area contributed by atoms with Crippen molar-refractivity contribution in [3.8, 4) is 0 Å². The van der Waals surface area contributed by atoms with Gasteiger partial charge in [-0.05, 0) is 5.92 Å². The highest BCUT2D eigenvalue weighted by atomic mass is 16.4. The summed E-state index contributed by atoms with van der Waals surface area (Å²) < 4.78 is 0. The number of hydrogen-bond acceptors (Lipinski definition) is 2. The van der Waals surface area contributed by atoms with Crippen LogP contribution in [0.5, 0.6) is 0 Å². The summed E-state index contributed by atoms with van der Waals surface area (Å²) in [5.41, 5.74) is 0. The third kappa shape index (κ3) is 11.5. The maximum Gasteiger partial charge on any atom is -0.0446 e. The SMILES string of the molecule is CCCC(C)CC.NO. The predicted molar refractivity (Wildman–Crippen MR) is 40.3 cm³/mol. The molecule has 0 rings (SSSR count). The molecule has 0 amide bonds. The average molecular weight is 133 g/mol. The second-order valence-corrected chi connectivity index (χ2v) is 2.30. The molecule has 0 spiro atoms. The smallest absolute Gasteiger partial charge is 0.0446 e. The van der Waals surface area contributed by atoms with Crippen LogP contribution < -0.4 is 5.90 Å². The van der Waals surface area contributed by atoms with Crippen LogP contribution in [-0.4, -0.2) is 5.21 Å². The largest absolute Gasteiger partial charge is 0.320 e. The summed E-state index contributed by atoms with van der Waals surface area (Å²) in [7, 11) is 0. The number of hydrogen-bond donors (Lipinski definition) is 2. The van der Waals surface area contributed by atoms with Crippen LogP contribution in [0, 0.1) is 5.92 Å². The van der Waals surface area contributed by atoms with Gasteiger partial charge >= 0.3 is 0 Å². The molecule has 0 heterocycles. The average Bonchev–Trinajstić information content (AvgIpc) is 1.93. The summed E-state index contributed by atoms with van der Waals surface area (Å²) in [5.74, 6) is 4.45. The molecule has 0 saturated carbocycles. The molecule has 0 aromatic carbocycles. The van der Waals surface area contributed by atoms with E-state index in [-0.39, 0.29) is 0 Å². The molecule has 0 fully saturated rings. The first-order chi connectivity index (χ1) is 4.31. The van der Waals surface area contributed by atoms with Gasteiger partial charge in [-0.3, -0.25) is 0 Å². The molecule has 1 unspecified atom stereocenters. The molecule has 0 aromatic rings. The predicted octanol–water partition coefficient (Wildman–Crippen LogP) is 2.17. The number of nitrogens with two attached hydrogens (primary N) is 1. The highest BCUT2D eigenvalue weighted by molar-refractivity contribution is 4.45. The number of rotatable bonds is 3. The van der Waals surface area contributed by atoms with Gasteiger partial charge in [-0.1, -0.05) is 40.0 Å². The van der Waals surface area contributed by atoms with E-state index >= 15 is 0 Å². The highest BCUT2D eigenvalue weighted by Crippen LogP contribution is 2.07. The topological polar surface area (TPSA) is 46.2 Å². The van der Waals surface area contributed by atoms with Crippen LogP contribution >= 0.6 is 0 Å². The van der Waals surface area contributed by atoms with Crippen molar-refractivity contribution in [2.24, 2.45) is 11.8 Å². The Labute approximate surface area is 58.0 Å². The Hall–Kier alpha value is -0.0800. The lowest BCUT2D eigenvalue weighted by Crippen LogP contribution is -1.88. The summed E-state index contributed by atoms with van der Waals surface area (Å²) in [6.07, 6.45) is 4.08. The molecule has 3 N–H and O–H groups in total. The van der Waals surface area contributed by atoms with Crippen molar-refractivity contribution < 1.29 is 5.21 Å². The van der Waals surface area contributed by atoms with Crippen LogP contribution in [0.15, 0.2) is 0 Å². The van der Waals surface area contributed by atoms with E-state index < -0.39 is 0 Å². The van der Waals surface area contributed by atoms with Crippen molar-refractivity contribution in [1.29, 1.82) is 0 Å². The zero-order valence-corrected chi connectivity index (χ0v) is 6.72. The second kappa shape index (κ2) is 10.8. The molecule has 9 heavy (non-hydrogen) atoms. The van der Waals surface area contributed by atoms with Crippen LogP contribution in [0.2, 0.25) is 0 Å². The Balaban J connectivity index is 0. The standard InChI is InChI=1S/C7H16.H3NO/c1-4-6-7(3)5-2;1-2/h7H,4-6H2,1-3H3;2H,1H2. The van der Waals surface area contributed by atoms with Crippen molar-refractivity contribution in [3.63, 3.8) is 0 Å². The van der Waals surface area contributed by atoms with Crippen molar-refractivity contribution in [2.75, 3.05) is 0 Å². The fourth-order valence-corrected chi connectivity index (χ4v) is 0.697. The minimum absolute atomic E-state index is 0.949. The molecule has 0 aliphatic heterocycles. The maximum absolute atomic E-state index is 6.50. The molecule has 0 bridgehead atoms. The molecule has 0 radical (unpaired) electrons. The van der Waals surface area contributed by atoms with E-state index in [0.29, 0.717) is 0 Å². The van der Waals surface area contributed by atoms with Gasteiger partial charge in [0, 0.05) is 0 Å². The molecule has 0 saturated heterocycles. The molecule has 0 aliphatic carbocycles. The minimum Gasteiger partial charge on any atom is -0.320 e. The van der Waals surface area contributed by atoms with Gasteiger partial charge in [-0.25, -0.2) is 5.90 Å². The normalized spacial score (nSPS) is 11.7. The fraction of sp³-hybridized carbons (Fsp3) is 1.00. The lowest BCUT2D eigenvalue weighted by atomic mass is 10.0. The van der Waals surface area contributed by atoms with Crippen LogP contribution in [-0.2, 0) is 0 Å². The van der Waals surface area contributed by atoms with Gasteiger partial charge in [0.2, 0.25) is 0 Å². The molecular formula is C7H19NO. The highest BCUT2D eigenvalue weighted by Gasteiger charge is 1.92. The van der Waals surface area contributed by atoms with Crippen molar-refractivity contribution in [1.82, 2.24) is 0 Å². The Morgan fingerprint density at radius 1 is 1.33 bits per heavy atom. The Kier molecular flexibility index (Phi) is 14.0. The quantitative estimate of drug-likeness (QED) is 0.579. The van der Waals surface area contributed by atoms with Crippen molar-refractivity contribution in [3.05, 3.63) is 0 Å². The van der Waals surface area contributed by atoms with Gasteiger partial charge in [-0.2, -0.15) is 0 Å². The third-order valence-corrected chi connectivity index (χ3v) is 1.48. The van der Waals surface area contributed by atoms with E-state index in [2.05, 4.69) is 26.7 Å². The van der Waals surface area contributed by atoms with Gasteiger partial charge in [-0.15, -0.1) is 0 Å². The molecular weight excluding hydrogens is 114 g/mol. The van der Waals surface area contributed by atoms with E-state index in [0.717, 1.165) is 5.92 Å². The minimum atomic E-state index is 0.949. The van der Waals surface area contributed by atoms with Crippen LogP contribution in [0.25, 0.3) is 0 Å². The molecule has 2 heteroatoms. The van der Waals surface area contributed by atoms with Crippen LogP contribution in [0.4, 0.5) is 0 Å². The summed E-state index contributed by atoms with van der Waals surface area (Å²) in [5, 5.41) is 6.50. The molecule has 0 aromatic heterocycles. The van der Waals surface area contributed by atoms with E-state index in [1.807, 2.05) is 0 Å². The monoisotopic (exact) mass is 133 g/mol. The first kappa shape index (κ1) is 11.7. The van der Waals surface area contributed by atoms with Crippen LogP contribution in [0.3, 0.4) is 0 Å². The molecule has 58 valence electrons. The Bertz CT molecular complexity index is 39.9. The summed E-state index contributed by atoms with van der Waals surface area (Å²) >= 11 is 0. The summed E-state index contributed by atoms with van der Waals surface area (Å²) in [6, 6.07) is 0. The fourth-order valence-electron chi connectivity index (χ4n) is 0.697. The maximum atomic E-state index is 6.50. The van der Waals surface area contributed by atoms with E-state index in [4.69, 9.17) is 5.21 Å². The Morgan fingerprint density at radius 2 is 1.78 bits per heavy atom. The van der Waals surface area contributed by atoms with Gasteiger partial charge in [0.1, 0.15) is 0 Å². The van der Waals surface area contributed by atoms with Gasteiger partial charge in [0.25, 0.3) is 0 Å².